The molecule has 0 bridgehead atoms. The summed E-state index contributed by atoms with van der Waals surface area (Å²) in [6.07, 6.45) is 0. The van der Waals surface area contributed by atoms with E-state index in [-0.39, 0.29) is 0 Å². The van der Waals surface area contributed by atoms with Crippen molar-refractivity contribution in [3.05, 3.63) is 152 Å². The molecular weight excluding hydrogens is 510 g/mol. The molecular formula is C40H25NO. The molecule has 2 heteroatoms. The summed E-state index contributed by atoms with van der Waals surface area (Å²) >= 11 is 0. The van der Waals surface area contributed by atoms with Crippen LogP contribution in [0.1, 0.15) is 0 Å². The predicted molar refractivity (Wildman–Crippen MR) is 178 cm³/mol. The van der Waals surface area contributed by atoms with Crippen molar-refractivity contribution in [2.45, 2.75) is 0 Å². The van der Waals surface area contributed by atoms with Gasteiger partial charge >= 0.3 is 0 Å². The maximum absolute atomic E-state index is 6.30. The van der Waals surface area contributed by atoms with Crippen molar-refractivity contribution >= 4 is 82.1 Å². The first-order valence-corrected chi connectivity index (χ1v) is 14.4. The Morgan fingerprint density at radius 1 is 0.333 bits per heavy atom. The molecule has 0 aliphatic rings. The van der Waals surface area contributed by atoms with Gasteiger partial charge in [0.25, 0.3) is 0 Å². The van der Waals surface area contributed by atoms with E-state index in [0.717, 1.165) is 39.0 Å². The van der Waals surface area contributed by atoms with Gasteiger partial charge in [-0.2, -0.15) is 0 Å². The molecule has 0 aliphatic heterocycles. The average molecular weight is 536 g/mol. The van der Waals surface area contributed by atoms with E-state index >= 15 is 0 Å². The number of hydrogen-bond donors (Lipinski definition) is 0. The molecule has 1 heterocycles. The lowest BCUT2D eigenvalue weighted by Crippen LogP contribution is -2.09. The highest BCUT2D eigenvalue weighted by Gasteiger charge is 2.17. The summed E-state index contributed by atoms with van der Waals surface area (Å²) in [5, 5.41) is 12.4. The first kappa shape index (κ1) is 23.1. The zero-order valence-electron chi connectivity index (χ0n) is 22.8. The first-order chi connectivity index (χ1) is 20.8. The highest BCUT2D eigenvalue weighted by atomic mass is 16.3. The van der Waals surface area contributed by atoms with Crippen molar-refractivity contribution in [3.8, 4) is 0 Å². The minimum absolute atomic E-state index is 0.888. The Morgan fingerprint density at radius 3 is 1.86 bits per heavy atom. The van der Waals surface area contributed by atoms with E-state index < -0.39 is 0 Å². The molecule has 0 unspecified atom stereocenters. The van der Waals surface area contributed by atoms with Gasteiger partial charge in [0, 0.05) is 33.9 Å². The third kappa shape index (κ3) is 3.45. The Kier molecular flexibility index (Phi) is 4.93. The van der Waals surface area contributed by atoms with Crippen molar-refractivity contribution in [3.63, 3.8) is 0 Å². The molecule has 8 aromatic carbocycles. The number of benzene rings is 8. The molecule has 0 aliphatic carbocycles. The highest BCUT2D eigenvalue weighted by molar-refractivity contribution is 6.25. The van der Waals surface area contributed by atoms with Crippen LogP contribution in [-0.4, -0.2) is 0 Å². The van der Waals surface area contributed by atoms with Crippen LogP contribution in [0, 0.1) is 0 Å². The molecule has 2 nitrogen and oxygen atoms in total. The number of furan rings is 1. The predicted octanol–water partition coefficient (Wildman–Crippen LogP) is 11.7. The summed E-state index contributed by atoms with van der Waals surface area (Å²) in [6, 6.07) is 54.4. The van der Waals surface area contributed by atoms with Crippen molar-refractivity contribution in [1.82, 2.24) is 0 Å². The second-order valence-corrected chi connectivity index (χ2v) is 11.0. The van der Waals surface area contributed by atoms with Gasteiger partial charge in [0.15, 0.2) is 0 Å². The minimum Gasteiger partial charge on any atom is -0.456 e. The van der Waals surface area contributed by atoms with E-state index in [1.807, 2.05) is 12.1 Å². The number of anilines is 3. The fourth-order valence-electron chi connectivity index (χ4n) is 6.65. The number of hydrogen-bond acceptors (Lipinski definition) is 2. The van der Waals surface area contributed by atoms with E-state index in [9.17, 15) is 0 Å². The monoisotopic (exact) mass is 535 g/mol. The third-order valence-corrected chi connectivity index (χ3v) is 8.60. The summed E-state index contributed by atoms with van der Waals surface area (Å²) in [5.74, 6) is 0. The van der Waals surface area contributed by atoms with Crippen LogP contribution in [-0.2, 0) is 0 Å². The highest BCUT2D eigenvalue weighted by Crippen LogP contribution is 2.41. The van der Waals surface area contributed by atoms with Crippen molar-refractivity contribution in [1.29, 1.82) is 0 Å². The van der Waals surface area contributed by atoms with Crippen molar-refractivity contribution in [2.75, 3.05) is 4.90 Å². The largest absolute Gasteiger partial charge is 0.456 e. The number of fused-ring (bicyclic) bond motifs is 10. The van der Waals surface area contributed by atoms with Crippen LogP contribution < -0.4 is 4.90 Å². The lowest BCUT2D eigenvalue weighted by molar-refractivity contribution is 0.669. The summed E-state index contributed by atoms with van der Waals surface area (Å²) in [7, 11) is 0. The normalized spacial score (nSPS) is 11.8. The van der Waals surface area contributed by atoms with E-state index in [2.05, 4.69) is 144 Å². The zero-order valence-corrected chi connectivity index (χ0v) is 22.8. The van der Waals surface area contributed by atoms with Crippen molar-refractivity contribution in [2.24, 2.45) is 0 Å². The van der Waals surface area contributed by atoms with E-state index in [1.165, 1.54) is 43.1 Å². The molecule has 1 aromatic heterocycles. The first-order valence-electron chi connectivity index (χ1n) is 14.4. The quantitative estimate of drug-likeness (QED) is 0.209. The molecule has 0 N–H and O–H groups in total. The van der Waals surface area contributed by atoms with Crippen LogP contribution in [0.5, 0.6) is 0 Å². The van der Waals surface area contributed by atoms with Gasteiger partial charge in [-0.25, -0.2) is 0 Å². The lowest BCUT2D eigenvalue weighted by atomic mass is 9.93. The van der Waals surface area contributed by atoms with E-state index in [0.29, 0.717) is 0 Å². The van der Waals surface area contributed by atoms with Gasteiger partial charge in [-0.3, -0.25) is 0 Å². The van der Waals surface area contributed by atoms with Gasteiger partial charge in [0.1, 0.15) is 11.2 Å². The Hall–Kier alpha value is -5.60. The van der Waals surface area contributed by atoms with Crippen LogP contribution in [0.25, 0.3) is 65.0 Å². The third-order valence-electron chi connectivity index (χ3n) is 8.60. The Balaban J connectivity index is 1.31. The Morgan fingerprint density at radius 2 is 0.929 bits per heavy atom. The van der Waals surface area contributed by atoms with Crippen LogP contribution in [0.15, 0.2) is 156 Å². The summed E-state index contributed by atoms with van der Waals surface area (Å²) in [5.41, 5.74) is 5.06. The Labute approximate surface area is 242 Å². The number of nitrogens with zero attached hydrogens (tertiary/aromatic N) is 1. The molecule has 0 fully saturated rings. The van der Waals surface area contributed by atoms with Crippen LogP contribution in [0.2, 0.25) is 0 Å². The summed E-state index contributed by atoms with van der Waals surface area (Å²) < 4.78 is 6.30. The van der Waals surface area contributed by atoms with Gasteiger partial charge in [-0.15, -0.1) is 0 Å². The van der Waals surface area contributed by atoms with Gasteiger partial charge < -0.3 is 9.32 Å². The zero-order chi connectivity index (χ0) is 27.6. The number of rotatable bonds is 3. The van der Waals surface area contributed by atoms with Crippen molar-refractivity contribution < 1.29 is 4.42 Å². The molecule has 0 amide bonds. The molecule has 9 rings (SSSR count). The van der Waals surface area contributed by atoms with E-state index in [1.54, 1.807) is 0 Å². The maximum atomic E-state index is 6.30. The second kappa shape index (κ2) is 8.95. The summed E-state index contributed by atoms with van der Waals surface area (Å²) in [6.45, 7) is 0. The lowest BCUT2D eigenvalue weighted by Gasteiger charge is -2.26. The number of para-hydroxylation sites is 2. The molecule has 9 aromatic rings. The minimum atomic E-state index is 0.888. The van der Waals surface area contributed by atoms with Crippen LogP contribution in [0.4, 0.5) is 17.1 Å². The smallest absolute Gasteiger partial charge is 0.137 e. The summed E-state index contributed by atoms with van der Waals surface area (Å²) in [4.78, 5) is 2.32. The molecule has 0 radical (unpaired) electrons. The van der Waals surface area contributed by atoms with Crippen LogP contribution >= 0.6 is 0 Å². The fraction of sp³-hybridized carbons (Fsp3) is 0. The maximum Gasteiger partial charge on any atom is 0.137 e. The average Bonchev–Trinajstić information content (AvgIpc) is 3.43. The molecule has 0 spiro atoms. The second-order valence-electron chi connectivity index (χ2n) is 11.0. The fourth-order valence-corrected chi connectivity index (χ4v) is 6.65. The van der Waals surface area contributed by atoms with Gasteiger partial charge in [0.05, 0.1) is 0 Å². The van der Waals surface area contributed by atoms with Crippen LogP contribution in [0.3, 0.4) is 0 Å². The SMILES string of the molecule is c1ccc(N(c2ccc3c(c2)oc2ccccc23)c2ccc3ccc4ccc5c6ccccc6ccc5c4c3c2)cc1. The topological polar surface area (TPSA) is 16.4 Å². The molecule has 42 heavy (non-hydrogen) atoms. The van der Waals surface area contributed by atoms with E-state index in [4.69, 9.17) is 4.42 Å². The standard InChI is InChI=1S/C40H25NO/c1-2-9-29(10-3-1)41(31-20-23-35-34-12-6-7-13-38(34)42-39(35)25-31)30-19-16-27-14-15-28-18-21-33-32-11-5-4-8-26(32)17-22-36(33)40(28)37(27)24-30/h1-25H. The Bertz CT molecular complexity index is 2470. The molecule has 0 saturated heterocycles. The molecule has 0 atom stereocenters. The van der Waals surface area contributed by atoms with Gasteiger partial charge in [-0.05, 0) is 85.6 Å². The van der Waals surface area contributed by atoms with Gasteiger partial charge in [0.2, 0.25) is 0 Å². The van der Waals surface area contributed by atoms with Gasteiger partial charge in [-0.1, -0.05) is 103 Å². The molecule has 196 valence electrons. The molecule has 0 saturated carbocycles.